The Bertz CT molecular complexity index is 771. The van der Waals surface area contributed by atoms with Gasteiger partial charge in [0.1, 0.15) is 17.7 Å². The average molecular weight is 254 g/mol. The zero-order valence-corrected chi connectivity index (χ0v) is 10.3. The molecule has 0 amide bonds. The molecule has 19 heavy (non-hydrogen) atoms. The van der Waals surface area contributed by atoms with Crippen LogP contribution in [-0.4, -0.2) is 5.78 Å². The molecule has 0 N–H and O–H groups in total. The molecule has 2 nitrogen and oxygen atoms in total. The van der Waals surface area contributed by atoms with Crippen molar-refractivity contribution in [2.45, 2.75) is 6.92 Å². The molecule has 2 aromatic carbocycles. The number of furan rings is 1. The van der Waals surface area contributed by atoms with Crippen LogP contribution in [0.3, 0.4) is 0 Å². The minimum atomic E-state index is -0.342. The summed E-state index contributed by atoms with van der Waals surface area (Å²) >= 11 is 0. The van der Waals surface area contributed by atoms with E-state index in [0.29, 0.717) is 22.3 Å². The van der Waals surface area contributed by atoms with Crippen molar-refractivity contribution in [3.8, 4) is 0 Å². The fourth-order valence-corrected chi connectivity index (χ4v) is 2.18. The van der Waals surface area contributed by atoms with Crippen molar-refractivity contribution in [1.29, 1.82) is 0 Å². The molecule has 1 aromatic heterocycles. The van der Waals surface area contributed by atoms with Crippen molar-refractivity contribution in [3.63, 3.8) is 0 Å². The summed E-state index contributed by atoms with van der Waals surface area (Å²) in [6.07, 6.45) is 1.45. The van der Waals surface area contributed by atoms with Crippen LogP contribution in [0.4, 0.5) is 4.39 Å². The fraction of sp³-hybridized carbons (Fsp3) is 0.0625. The van der Waals surface area contributed by atoms with Crippen molar-refractivity contribution in [2.24, 2.45) is 0 Å². The Morgan fingerprint density at radius 3 is 2.68 bits per heavy atom. The Hall–Kier alpha value is -2.42. The molecule has 0 saturated heterocycles. The highest BCUT2D eigenvalue weighted by atomic mass is 19.1. The molecule has 0 radical (unpaired) electrons. The van der Waals surface area contributed by atoms with Gasteiger partial charge in [-0.3, -0.25) is 4.79 Å². The third kappa shape index (κ3) is 1.93. The normalized spacial score (nSPS) is 10.8. The first kappa shape index (κ1) is 11.7. The van der Waals surface area contributed by atoms with Crippen LogP contribution in [0.15, 0.2) is 53.1 Å². The van der Waals surface area contributed by atoms with Crippen LogP contribution in [-0.2, 0) is 0 Å². The second kappa shape index (κ2) is 4.35. The Labute approximate surface area is 109 Å². The van der Waals surface area contributed by atoms with Gasteiger partial charge in [-0.25, -0.2) is 4.39 Å². The van der Waals surface area contributed by atoms with E-state index in [2.05, 4.69) is 0 Å². The maximum Gasteiger partial charge on any atom is 0.197 e. The van der Waals surface area contributed by atoms with Gasteiger partial charge >= 0.3 is 0 Å². The second-order valence-electron chi connectivity index (χ2n) is 4.43. The van der Waals surface area contributed by atoms with E-state index in [1.807, 2.05) is 24.3 Å². The lowest BCUT2D eigenvalue weighted by atomic mass is 9.99. The summed E-state index contributed by atoms with van der Waals surface area (Å²) < 4.78 is 18.4. The lowest BCUT2D eigenvalue weighted by Gasteiger charge is -2.03. The predicted octanol–water partition coefficient (Wildman–Crippen LogP) is 4.11. The van der Waals surface area contributed by atoms with E-state index in [9.17, 15) is 9.18 Å². The van der Waals surface area contributed by atoms with Crippen LogP contribution in [0.1, 0.15) is 21.5 Å². The number of halogens is 1. The first-order valence-electron chi connectivity index (χ1n) is 5.94. The summed E-state index contributed by atoms with van der Waals surface area (Å²) in [5, 5.41) is 0.774. The quantitative estimate of drug-likeness (QED) is 0.644. The number of hydrogen-bond acceptors (Lipinski definition) is 2. The third-order valence-electron chi connectivity index (χ3n) is 3.16. The summed E-state index contributed by atoms with van der Waals surface area (Å²) in [5.74, 6) is -0.492. The highest BCUT2D eigenvalue weighted by molar-refractivity contribution is 6.16. The zero-order chi connectivity index (χ0) is 13.4. The van der Waals surface area contributed by atoms with Crippen LogP contribution in [0.5, 0.6) is 0 Å². The first-order valence-corrected chi connectivity index (χ1v) is 5.94. The highest BCUT2D eigenvalue weighted by Gasteiger charge is 2.17. The van der Waals surface area contributed by atoms with Crippen LogP contribution in [0, 0.1) is 12.7 Å². The molecular formula is C16H11FO2. The third-order valence-corrected chi connectivity index (χ3v) is 3.16. The number of para-hydroxylation sites is 1. The second-order valence-corrected chi connectivity index (χ2v) is 4.43. The van der Waals surface area contributed by atoms with Gasteiger partial charge in [0.05, 0.1) is 5.56 Å². The van der Waals surface area contributed by atoms with Gasteiger partial charge < -0.3 is 4.42 Å². The molecule has 0 bridgehead atoms. The summed E-state index contributed by atoms with van der Waals surface area (Å²) in [5.41, 5.74) is 2.29. The molecule has 0 atom stereocenters. The number of benzene rings is 2. The molecular weight excluding hydrogens is 243 g/mol. The molecule has 3 heteroatoms. The molecule has 0 spiro atoms. The average Bonchev–Trinajstić information content (AvgIpc) is 2.82. The number of hydrogen-bond donors (Lipinski definition) is 0. The maximum atomic E-state index is 13.1. The monoisotopic (exact) mass is 254 g/mol. The molecule has 0 aliphatic rings. The topological polar surface area (TPSA) is 30.2 Å². The summed E-state index contributed by atoms with van der Waals surface area (Å²) in [6, 6.07) is 11.5. The molecule has 0 fully saturated rings. The van der Waals surface area contributed by atoms with Crippen LogP contribution < -0.4 is 0 Å². The molecule has 3 rings (SSSR count). The number of carbonyl (C=O) groups is 1. The van der Waals surface area contributed by atoms with Crippen molar-refractivity contribution >= 4 is 16.8 Å². The number of aryl methyl sites for hydroxylation is 1. The predicted molar refractivity (Wildman–Crippen MR) is 70.8 cm³/mol. The molecule has 94 valence electrons. The summed E-state index contributed by atoms with van der Waals surface area (Å²) in [7, 11) is 0. The van der Waals surface area contributed by atoms with E-state index in [-0.39, 0.29) is 11.6 Å². The van der Waals surface area contributed by atoms with Crippen LogP contribution in [0.25, 0.3) is 11.0 Å². The van der Waals surface area contributed by atoms with Gasteiger partial charge in [0.2, 0.25) is 0 Å². The van der Waals surface area contributed by atoms with Crippen LogP contribution in [0.2, 0.25) is 0 Å². The van der Waals surface area contributed by atoms with E-state index < -0.39 is 0 Å². The van der Waals surface area contributed by atoms with Crippen molar-refractivity contribution in [1.82, 2.24) is 0 Å². The zero-order valence-electron chi connectivity index (χ0n) is 10.3. The van der Waals surface area contributed by atoms with Gasteiger partial charge in [-0.2, -0.15) is 0 Å². The molecule has 3 aromatic rings. The minimum Gasteiger partial charge on any atom is -0.464 e. The smallest absolute Gasteiger partial charge is 0.197 e. The fourth-order valence-electron chi connectivity index (χ4n) is 2.18. The van der Waals surface area contributed by atoms with E-state index in [0.717, 1.165) is 5.39 Å². The minimum absolute atomic E-state index is 0.151. The highest BCUT2D eigenvalue weighted by Crippen LogP contribution is 2.24. The molecule has 0 aliphatic heterocycles. The molecule has 0 unspecified atom stereocenters. The summed E-state index contributed by atoms with van der Waals surface area (Å²) in [4.78, 5) is 12.5. The number of fused-ring (bicyclic) bond motifs is 1. The van der Waals surface area contributed by atoms with Gasteiger partial charge in [-0.05, 0) is 36.8 Å². The van der Waals surface area contributed by atoms with Crippen molar-refractivity contribution in [2.75, 3.05) is 0 Å². The van der Waals surface area contributed by atoms with Gasteiger partial charge in [0.25, 0.3) is 0 Å². The standard InChI is InChI=1S/C16H11FO2/c1-10-8-11(17)6-7-12(10)16(18)14-9-19-15-5-3-2-4-13(14)15/h2-9H,1H3. The lowest BCUT2D eigenvalue weighted by Crippen LogP contribution is -2.03. The van der Waals surface area contributed by atoms with Gasteiger partial charge in [-0.1, -0.05) is 18.2 Å². The number of rotatable bonds is 2. The van der Waals surface area contributed by atoms with Crippen molar-refractivity contribution < 1.29 is 13.6 Å². The Morgan fingerprint density at radius 1 is 1.11 bits per heavy atom. The number of carbonyl (C=O) groups excluding carboxylic acids is 1. The maximum absolute atomic E-state index is 13.1. The lowest BCUT2D eigenvalue weighted by molar-refractivity contribution is 0.103. The Kier molecular flexibility index (Phi) is 2.67. The SMILES string of the molecule is Cc1cc(F)ccc1C(=O)c1coc2ccccc12. The van der Waals surface area contributed by atoms with Gasteiger partial charge in [0.15, 0.2) is 5.78 Å². The first-order chi connectivity index (χ1) is 9.16. The molecule has 0 saturated carbocycles. The Balaban J connectivity index is 2.13. The largest absolute Gasteiger partial charge is 0.464 e. The van der Waals surface area contributed by atoms with E-state index >= 15 is 0 Å². The summed E-state index contributed by atoms with van der Waals surface area (Å²) in [6.45, 7) is 1.72. The molecule has 1 heterocycles. The van der Waals surface area contributed by atoms with Crippen molar-refractivity contribution in [3.05, 3.63) is 71.2 Å². The Morgan fingerprint density at radius 2 is 1.89 bits per heavy atom. The molecule has 0 aliphatic carbocycles. The van der Waals surface area contributed by atoms with E-state index in [4.69, 9.17) is 4.42 Å². The van der Waals surface area contributed by atoms with Gasteiger partial charge in [-0.15, -0.1) is 0 Å². The van der Waals surface area contributed by atoms with E-state index in [1.165, 1.54) is 24.5 Å². The van der Waals surface area contributed by atoms with E-state index in [1.54, 1.807) is 6.92 Å². The van der Waals surface area contributed by atoms with Crippen LogP contribution >= 0.6 is 0 Å². The number of ketones is 1. The van der Waals surface area contributed by atoms with Gasteiger partial charge in [0, 0.05) is 10.9 Å².